The Morgan fingerprint density at radius 2 is 1.92 bits per heavy atom. The van der Waals surface area contributed by atoms with E-state index in [9.17, 15) is 26.4 Å². The molecule has 0 bridgehead atoms. The van der Waals surface area contributed by atoms with E-state index in [1.807, 2.05) is 4.90 Å². The van der Waals surface area contributed by atoms with Crippen LogP contribution in [0.4, 0.5) is 13.2 Å². The van der Waals surface area contributed by atoms with Crippen molar-refractivity contribution in [3.63, 3.8) is 0 Å². The average molecular weight is 577 g/mol. The summed E-state index contributed by atoms with van der Waals surface area (Å²) in [6.45, 7) is 2.15. The lowest BCUT2D eigenvalue weighted by Gasteiger charge is -2.31. The molecule has 0 saturated carbocycles. The molecule has 2 aromatic carbocycles. The monoisotopic (exact) mass is 576 g/mol. The third-order valence-electron chi connectivity index (χ3n) is 6.47. The molecule has 1 saturated heterocycles. The van der Waals surface area contributed by atoms with Crippen molar-refractivity contribution in [3.8, 4) is 0 Å². The molecule has 1 aliphatic rings. The smallest absolute Gasteiger partial charge is 0.327 e. The highest BCUT2D eigenvalue weighted by molar-refractivity contribution is 7.91. The maximum absolute atomic E-state index is 14.1. The molecule has 1 aliphatic heterocycles. The third-order valence-corrected chi connectivity index (χ3v) is 8.94. The predicted octanol–water partition coefficient (Wildman–Crippen LogP) is 4.49. The molecular formula is C24H25Cl2F3N4O3S. The molecule has 0 spiro atoms. The molecule has 1 aromatic heterocycles. The van der Waals surface area contributed by atoms with Gasteiger partial charge in [-0.3, -0.25) is 14.3 Å². The summed E-state index contributed by atoms with van der Waals surface area (Å²) < 4.78 is 68.5. The molecule has 2 N–H and O–H groups in total. The molecule has 200 valence electrons. The first-order valence-corrected chi connectivity index (χ1v) is 14.0. The summed E-state index contributed by atoms with van der Waals surface area (Å²) in [5.41, 5.74) is 4.19. The van der Waals surface area contributed by atoms with Crippen molar-refractivity contribution in [3.05, 3.63) is 67.7 Å². The van der Waals surface area contributed by atoms with Gasteiger partial charge in [-0.25, -0.2) is 13.4 Å². The van der Waals surface area contributed by atoms with Crippen LogP contribution >= 0.6 is 23.2 Å². The van der Waals surface area contributed by atoms with Crippen molar-refractivity contribution >= 4 is 43.9 Å². The van der Waals surface area contributed by atoms with E-state index in [0.717, 1.165) is 29.8 Å². The highest BCUT2D eigenvalue weighted by Crippen LogP contribution is 2.39. The van der Waals surface area contributed by atoms with Crippen LogP contribution in [0.3, 0.4) is 0 Å². The maximum atomic E-state index is 14.1. The van der Waals surface area contributed by atoms with Crippen molar-refractivity contribution in [2.75, 3.05) is 18.8 Å². The number of sulfone groups is 1. The molecular weight excluding hydrogens is 552 g/mol. The van der Waals surface area contributed by atoms with Crippen LogP contribution in [0.5, 0.6) is 0 Å². The molecule has 1 fully saturated rings. The molecule has 37 heavy (non-hydrogen) atoms. The van der Waals surface area contributed by atoms with Crippen LogP contribution in [0.1, 0.15) is 36.5 Å². The van der Waals surface area contributed by atoms with Gasteiger partial charge in [0.1, 0.15) is 0 Å². The van der Waals surface area contributed by atoms with E-state index in [2.05, 4.69) is 4.98 Å². The minimum Gasteiger partial charge on any atom is -0.327 e. The van der Waals surface area contributed by atoms with Gasteiger partial charge in [-0.2, -0.15) is 13.2 Å². The fourth-order valence-electron chi connectivity index (χ4n) is 4.60. The summed E-state index contributed by atoms with van der Waals surface area (Å²) in [4.78, 5) is 19.3. The van der Waals surface area contributed by atoms with Crippen molar-refractivity contribution in [1.82, 2.24) is 14.5 Å². The molecule has 13 heteroatoms. The zero-order chi connectivity index (χ0) is 27.1. The van der Waals surface area contributed by atoms with Gasteiger partial charge >= 0.3 is 6.18 Å². The fraction of sp³-hybridized carbons (Fsp3) is 0.417. The predicted molar refractivity (Wildman–Crippen MR) is 137 cm³/mol. The summed E-state index contributed by atoms with van der Waals surface area (Å²) in [7, 11) is -3.66. The molecule has 0 radical (unpaired) electrons. The van der Waals surface area contributed by atoms with Crippen LogP contribution in [0.2, 0.25) is 10.0 Å². The number of halogens is 5. The van der Waals surface area contributed by atoms with E-state index in [1.165, 1.54) is 25.1 Å². The summed E-state index contributed by atoms with van der Waals surface area (Å²) in [5, 5.41) is -0.317. The first-order chi connectivity index (χ1) is 17.3. The van der Waals surface area contributed by atoms with Crippen molar-refractivity contribution in [1.29, 1.82) is 0 Å². The summed E-state index contributed by atoms with van der Waals surface area (Å²) in [5.74, 6) is -0.179. The van der Waals surface area contributed by atoms with E-state index in [-0.39, 0.29) is 61.9 Å². The molecule has 7 nitrogen and oxygen atoms in total. The van der Waals surface area contributed by atoms with Crippen molar-refractivity contribution in [2.24, 2.45) is 5.73 Å². The number of rotatable bonds is 6. The molecule has 0 amide bonds. The minimum atomic E-state index is -4.77. The molecule has 0 unspecified atom stereocenters. The second-order valence-electron chi connectivity index (χ2n) is 9.08. The molecule has 1 atom stereocenters. The first kappa shape index (κ1) is 27.8. The molecule has 2 heterocycles. The largest absolute Gasteiger partial charge is 0.416 e. The highest BCUT2D eigenvalue weighted by atomic mass is 35.5. The number of nitrogens with two attached hydrogens (primary N) is 1. The second-order valence-corrected chi connectivity index (χ2v) is 12.1. The second kappa shape index (κ2) is 10.5. The zero-order valence-electron chi connectivity index (χ0n) is 19.9. The number of aromatic nitrogens is 2. The Morgan fingerprint density at radius 1 is 1.19 bits per heavy atom. The quantitative estimate of drug-likeness (QED) is 0.464. The number of piperidine rings is 1. The lowest BCUT2D eigenvalue weighted by Crippen LogP contribution is -2.42. The fourth-order valence-corrected chi connectivity index (χ4v) is 6.21. The number of benzene rings is 2. The van der Waals surface area contributed by atoms with Gasteiger partial charge in [-0.1, -0.05) is 30.1 Å². The van der Waals surface area contributed by atoms with E-state index in [0.29, 0.717) is 13.1 Å². The number of nitrogens with zero attached hydrogens (tertiary/aromatic N) is 3. The Kier molecular flexibility index (Phi) is 7.92. The van der Waals surface area contributed by atoms with Gasteiger partial charge in [-0.15, -0.1) is 0 Å². The van der Waals surface area contributed by atoms with Crippen LogP contribution in [-0.2, 0) is 29.1 Å². The van der Waals surface area contributed by atoms with Crippen molar-refractivity contribution < 1.29 is 21.6 Å². The van der Waals surface area contributed by atoms with E-state index in [1.54, 1.807) is 0 Å². The molecule has 0 aliphatic carbocycles. The lowest BCUT2D eigenvalue weighted by molar-refractivity contribution is -0.138. The SMILES string of the molecule is CCS(=O)(=O)c1ccc(Cl)cc1Cn1cnc2c(Cl)c(CN3CCC[C@@H](N)C3)c(C(F)(F)F)cc2c1=O. The van der Waals surface area contributed by atoms with Gasteiger partial charge in [0.15, 0.2) is 9.84 Å². The Morgan fingerprint density at radius 3 is 2.57 bits per heavy atom. The Labute approximate surface area is 221 Å². The van der Waals surface area contributed by atoms with Gasteiger partial charge in [0.05, 0.1) is 45.0 Å². The molecule has 3 aromatic rings. The number of alkyl halides is 3. The normalized spacial score (nSPS) is 17.4. The first-order valence-electron chi connectivity index (χ1n) is 11.6. The Balaban J connectivity index is 1.83. The lowest BCUT2D eigenvalue weighted by atomic mass is 10.0. The Hall–Kier alpha value is -2.18. The van der Waals surface area contributed by atoms with Crippen molar-refractivity contribution in [2.45, 2.75) is 50.0 Å². The van der Waals surface area contributed by atoms with Crippen LogP contribution in [0, 0.1) is 0 Å². The van der Waals surface area contributed by atoms with Gasteiger partial charge in [0.25, 0.3) is 5.56 Å². The average Bonchev–Trinajstić information content (AvgIpc) is 2.82. The van der Waals surface area contributed by atoms with E-state index < -0.39 is 27.1 Å². The third kappa shape index (κ3) is 5.80. The van der Waals surface area contributed by atoms with Gasteiger partial charge < -0.3 is 5.73 Å². The van der Waals surface area contributed by atoms with Gasteiger partial charge in [0, 0.05) is 24.2 Å². The number of fused-ring (bicyclic) bond motifs is 1. The number of hydrogen-bond acceptors (Lipinski definition) is 6. The topological polar surface area (TPSA) is 98.3 Å². The van der Waals surface area contributed by atoms with Crippen LogP contribution < -0.4 is 11.3 Å². The number of hydrogen-bond donors (Lipinski definition) is 1. The molecule has 4 rings (SSSR count). The zero-order valence-corrected chi connectivity index (χ0v) is 22.2. The van der Waals surface area contributed by atoms with Crippen LogP contribution in [0.15, 0.2) is 40.3 Å². The minimum absolute atomic E-state index is 0.0181. The van der Waals surface area contributed by atoms with Gasteiger partial charge in [-0.05, 0) is 54.8 Å². The summed E-state index contributed by atoms with van der Waals surface area (Å²) in [6, 6.07) is 4.80. The van der Waals surface area contributed by atoms with Gasteiger partial charge in [0.2, 0.25) is 0 Å². The van der Waals surface area contributed by atoms with E-state index in [4.69, 9.17) is 28.9 Å². The Bertz CT molecular complexity index is 1510. The number of likely N-dealkylation sites (tertiary alicyclic amines) is 1. The highest BCUT2D eigenvalue weighted by Gasteiger charge is 2.36. The standard InChI is InChI=1S/C24H25Cl2F3N4O3S/c1-2-37(35,36)20-6-5-15(25)8-14(20)10-33-13-31-22-17(23(33)34)9-19(24(27,28)29)18(21(22)26)12-32-7-3-4-16(30)11-32/h5-6,8-9,13,16H,2-4,7,10-12,30H2,1H3/t16-/m1/s1. The summed E-state index contributed by atoms with van der Waals surface area (Å²) >= 11 is 12.5. The van der Waals surface area contributed by atoms with Crippen LogP contribution in [0.25, 0.3) is 10.9 Å². The summed E-state index contributed by atoms with van der Waals surface area (Å²) in [6.07, 6.45) is -2.07. The maximum Gasteiger partial charge on any atom is 0.416 e. The van der Waals surface area contributed by atoms with E-state index >= 15 is 0 Å². The van der Waals surface area contributed by atoms with Crippen LogP contribution in [-0.4, -0.2) is 47.8 Å².